The number of benzene rings is 2. The van der Waals surface area contributed by atoms with Gasteiger partial charge in [-0.1, -0.05) is 41.7 Å². The molecule has 0 saturated carbocycles. The largest absolute Gasteiger partial charge is 0.238 e. The van der Waals surface area contributed by atoms with E-state index in [0.717, 1.165) is 44.0 Å². The fourth-order valence-corrected chi connectivity index (χ4v) is 3.98. The van der Waals surface area contributed by atoms with E-state index in [1.165, 1.54) is 11.3 Å². The van der Waals surface area contributed by atoms with Gasteiger partial charge in [0.15, 0.2) is 5.82 Å². The smallest absolute Gasteiger partial charge is 0.235 e. The van der Waals surface area contributed by atoms with Crippen LogP contribution in [0.25, 0.3) is 32.6 Å². The maximum Gasteiger partial charge on any atom is 0.235 e. The number of rotatable bonds is 3. The summed E-state index contributed by atoms with van der Waals surface area (Å²) < 4.78 is 3.76. The van der Waals surface area contributed by atoms with Crippen LogP contribution < -0.4 is 0 Å². The second kappa shape index (κ2) is 6.14. The molecule has 3 heterocycles. The first kappa shape index (κ1) is 15.9. The summed E-state index contributed by atoms with van der Waals surface area (Å²) >= 11 is 1.53. The zero-order chi connectivity index (χ0) is 18.4. The Labute approximate surface area is 159 Å². The van der Waals surface area contributed by atoms with Crippen molar-refractivity contribution in [3.05, 3.63) is 72.1 Å². The van der Waals surface area contributed by atoms with E-state index in [1.54, 1.807) is 0 Å². The molecule has 0 spiro atoms. The molecular formula is C20H16N6S. The quantitative estimate of drug-likeness (QED) is 0.473. The predicted molar refractivity (Wildman–Crippen MR) is 106 cm³/mol. The number of hydrogen-bond acceptors (Lipinski definition) is 5. The van der Waals surface area contributed by atoms with E-state index < -0.39 is 0 Å². The lowest BCUT2D eigenvalue weighted by Crippen LogP contribution is -1.98. The molecule has 0 fully saturated rings. The van der Waals surface area contributed by atoms with Crippen molar-refractivity contribution in [3.8, 4) is 27.6 Å². The lowest BCUT2D eigenvalue weighted by atomic mass is 10.2. The predicted octanol–water partition coefficient (Wildman–Crippen LogP) is 4.32. The number of nitrogens with zero attached hydrogens (tertiary/aromatic N) is 6. The molecule has 0 amide bonds. The standard InChI is InChI=1S/C20H16N6S/c1-13-12-14(2)25(23-13)17-10-8-16(9-11-17)19-24-26-18(21-22-20(26)27-19)15-6-4-3-5-7-15/h3-12H,1-2H3. The van der Waals surface area contributed by atoms with Gasteiger partial charge in [0.1, 0.15) is 5.01 Å². The van der Waals surface area contributed by atoms with Gasteiger partial charge in [0.25, 0.3) is 0 Å². The summed E-state index contributed by atoms with van der Waals surface area (Å²) in [5, 5.41) is 18.7. The van der Waals surface area contributed by atoms with Crippen LogP contribution in [0.1, 0.15) is 11.4 Å². The van der Waals surface area contributed by atoms with Gasteiger partial charge in [-0.2, -0.15) is 14.7 Å². The molecule has 132 valence electrons. The Kier molecular flexibility index (Phi) is 3.61. The molecule has 5 aromatic rings. The van der Waals surface area contributed by atoms with E-state index in [2.05, 4.69) is 52.6 Å². The van der Waals surface area contributed by atoms with Crippen molar-refractivity contribution in [3.63, 3.8) is 0 Å². The molecule has 0 aliphatic carbocycles. The number of aryl methyl sites for hydroxylation is 2. The van der Waals surface area contributed by atoms with Crippen molar-refractivity contribution in [1.82, 2.24) is 29.6 Å². The van der Waals surface area contributed by atoms with Crippen LogP contribution in [0.3, 0.4) is 0 Å². The zero-order valence-corrected chi connectivity index (χ0v) is 15.7. The van der Waals surface area contributed by atoms with Crippen LogP contribution >= 0.6 is 11.3 Å². The minimum atomic E-state index is 0.757. The van der Waals surface area contributed by atoms with Gasteiger partial charge in [0, 0.05) is 16.8 Å². The van der Waals surface area contributed by atoms with E-state index >= 15 is 0 Å². The van der Waals surface area contributed by atoms with E-state index in [9.17, 15) is 0 Å². The highest BCUT2D eigenvalue weighted by Crippen LogP contribution is 2.28. The molecule has 6 nitrogen and oxygen atoms in total. The molecule has 0 unspecified atom stereocenters. The van der Waals surface area contributed by atoms with Gasteiger partial charge in [0.05, 0.1) is 11.4 Å². The summed E-state index contributed by atoms with van der Waals surface area (Å²) in [4.78, 5) is 0.784. The molecule has 0 aliphatic heterocycles. The Hall–Kier alpha value is -3.32. The van der Waals surface area contributed by atoms with Gasteiger partial charge in [-0.3, -0.25) is 0 Å². The minimum absolute atomic E-state index is 0.757. The van der Waals surface area contributed by atoms with Crippen LogP contribution in [0.4, 0.5) is 0 Å². The lowest BCUT2D eigenvalue weighted by Gasteiger charge is -2.04. The topological polar surface area (TPSA) is 60.9 Å². The first-order valence-electron chi connectivity index (χ1n) is 8.61. The average Bonchev–Trinajstić information content (AvgIpc) is 3.36. The summed E-state index contributed by atoms with van der Waals surface area (Å²) in [5.74, 6) is 0.757. The molecule has 27 heavy (non-hydrogen) atoms. The minimum Gasteiger partial charge on any atom is -0.238 e. The fraction of sp³-hybridized carbons (Fsp3) is 0.100. The molecule has 3 aromatic heterocycles. The van der Waals surface area contributed by atoms with Crippen molar-refractivity contribution >= 4 is 16.3 Å². The molecule has 0 radical (unpaired) electrons. The lowest BCUT2D eigenvalue weighted by molar-refractivity contribution is 0.834. The van der Waals surface area contributed by atoms with E-state index in [4.69, 9.17) is 5.10 Å². The van der Waals surface area contributed by atoms with Crippen molar-refractivity contribution in [2.75, 3.05) is 0 Å². The average molecular weight is 372 g/mol. The third-order valence-electron chi connectivity index (χ3n) is 4.39. The van der Waals surface area contributed by atoms with Crippen molar-refractivity contribution < 1.29 is 0 Å². The third-order valence-corrected chi connectivity index (χ3v) is 5.34. The maximum atomic E-state index is 4.73. The molecule has 0 saturated heterocycles. The second-order valence-corrected chi connectivity index (χ2v) is 7.33. The molecule has 7 heteroatoms. The van der Waals surface area contributed by atoms with Crippen molar-refractivity contribution in [2.24, 2.45) is 0 Å². The normalized spacial score (nSPS) is 11.3. The van der Waals surface area contributed by atoms with E-state index in [-0.39, 0.29) is 0 Å². The Morgan fingerprint density at radius 1 is 0.815 bits per heavy atom. The third kappa shape index (κ3) is 2.72. The molecule has 0 bridgehead atoms. The van der Waals surface area contributed by atoms with Crippen LogP contribution in [0, 0.1) is 13.8 Å². The summed E-state index contributed by atoms with van der Waals surface area (Å²) in [6.07, 6.45) is 0. The first-order valence-corrected chi connectivity index (χ1v) is 9.42. The van der Waals surface area contributed by atoms with Gasteiger partial charge in [0.2, 0.25) is 4.96 Å². The van der Waals surface area contributed by atoms with Crippen LogP contribution in [-0.4, -0.2) is 29.6 Å². The second-order valence-electron chi connectivity index (χ2n) is 6.38. The summed E-state index contributed by atoms with van der Waals surface area (Å²) in [6.45, 7) is 4.06. The first-order chi connectivity index (χ1) is 13.2. The highest BCUT2D eigenvalue weighted by atomic mass is 32.1. The van der Waals surface area contributed by atoms with Crippen LogP contribution in [0.5, 0.6) is 0 Å². The van der Waals surface area contributed by atoms with Crippen LogP contribution in [0.15, 0.2) is 60.7 Å². The molecule has 0 atom stereocenters. The monoisotopic (exact) mass is 372 g/mol. The Balaban J connectivity index is 1.52. The summed E-state index contributed by atoms with van der Waals surface area (Å²) in [7, 11) is 0. The molecule has 0 N–H and O–H groups in total. The van der Waals surface area contributed by atoms with Crippen LogP contribution in [0.2, 0.25) is 0 Å². The summed E-state index contributed by atoms with van der Waals surface area (Å²) in [5.41, 5.74) is 5.22. The zero-order valence-electron chi connectivity index (χ0n) is 14.9. The van der Waals surface area contributed by atoms with Crippen LogP contribution in [-0.2, 0) is 0 Å². The molecule has 0 aliphatic rings. The van der Waals surface area contributed by atoms with Crippen molar-refractivity contribution in [2.45, 2.75) is 13.8 Å². The summed E-state index contributed by atoms with van der Waals surface area (Å²) in [6, 6.07) is 20.3. The maximum absolute atomic E-state index is 4.73. The van der Waals surface area contributed by atoms with Gasteiger partial charge >= 0.3 is 0 Å². The molecule has 5 rings (SSSR count). The van der Waals surface area contributed by atoms with Gasteiger partial charge in [-0.15, -0.1) is 10.2 Å². The SMILES string of the molecule is Cc1cc(C)n(-c2ccc(-c3nn4c(-c5ccccc5)nnc4s3)cc2)n1. The Bertz CT molecular complexity index is 1230. The van der Waals surface area contributed by atoms with E-state index in [0.29, 0.717) is 0 Å². The van der Waals surface area contributed by atoms with Gasteiger partial charge < -0.3 is 0 Å². The van der Waals surface area contributed by atoms with Gasteiger partial charge in [-0.25, -0.2) is 4.68 Å². The molecule has 2 aromatic carbocycles. The van der Waals surface area contributed by atoms with Crippen molar-refractivity contribution in [1.29, 1.82) is 0 Å². The number of aromatic nitrogens is 6. The van der Waals surface area contributed by atoms with Gasteiger partial charge in [-0.05, 0) is 44.2 Å². The Morgan fingerprint density at radius 2 is 1.59 bits per heavy atom. The fourth-order valence-electron chi connectivity index (χ4n) is 3.14. The highest BCUT2D eigenvalue weighted by molar-refractivity contribution is 7.19. The Morgan fingerprint density at radius 3 is 2.30 bits per heavy atom. The number of hydrogen-bond donors (Lipinski definition) is 0. The highest BCUT2D eigenvalue weighted by Gasteiger charge is 2.14. The van der Waals surface area contributed by atoms with E-state index in [1.807, 2.05) is 46.5 Å². The molecular weight excluding hydrogens is 356 g/mol. The number of fused-ring (bicyclic) bond motifs is 1.